The molecule has 1 fully saturated rings. The van der Waals surface area contributed by atoms with E-state index in [9.17, 15) is 4.79 Å². The van der Waals surface area contributed by atoms with Crippen molar-refractivity contribution in [1.29, 1.82) is 0 Å². The molecule has 5 heteroatoms. The molecule has 1 aromatic heterocycles. The molecule has 2 heterocycles. The zero-order valence-electron chi connectivity index (χ0n) is 10.5. The number of hydrogen-bond donors (Lipinski definition) is 2. The molecular formula is C12H20N4O. The van der Waals surface area contributed by atoms with E-state index in [2.05, 4.69) is 20.2 Å². The Labute approximate surface area is 101 Å². The quantitative estimate of drug-likeness (QED) is 0.778. The fourth-order valence-corrected chi connectivity index (χ4v) is 2.13. The first-order valence-electron chi connectivity index (χ1n) is 6.22. The monoisotopic (exact) mass is 236 g/mol. The summed E-state index contributed by atoms with van der Waals surface area (Å²) in [6.07, 6.45) is 0.810. The summed E-state index contributed by atoms with van der Waals surface area (Å²) in [6, 6.07) is 0. The van der Waals surface area contributed by atoms with E-state index in [0.717, 1.165) is 56.2 Å². The lowest BCUT2D eigenvalue weighted by Gasteiger charge is -2.26. The lowest BCUT2D eigenvalue weighted by Crippen LogP contribution is -2.43. The molecule has 0 bridgehead atoms. The van der Waals surface area contributed by atoms with Crippen molar-refractivity contribution in [1.82, 2.24) is 20.2 Å². The third kappa shape index (κ3) is 2.92. The Kier molecular flexibility index (Phi) is 3.91. The van der Waals surface area contributed by atoms with E-state index in [1.165, 1.54) is 0 Å². The molecule has 0 amide bonds. The Bertz CT molecular complexity index is 435. The van der Waals surface area contributed by atoms with Crippen LogP contribution in [0, 0.1) is 6.92 Å². The minimum atomic E-state index is 0.00184. The van der Waals surface area contributed by atoms with Gasteiger partial charge in [0.05, 0.1) is 12.2 Å². The van der Waals surface area contributed by atoms with E-state index >= 15 is 0 Å². The first kappa shape index (κ1) is 12.3. The van der Waals surface area contributed by atoms with Crippen molar-refractivity contribution in [2.24, 2.45) is 0 Å². The molecule has 1 aliphatic heterocycles. The van der Waals surface area contributed by atoms with Gasteiger partial charge in [-0.1, -0.05) is 6.92 Å². The van der Waals surface area contributed by atoms with Gasteiger partial charge in [-0.05, 0) is 13.3 Å². The first-order valence-corrected chi connectivity index (χ1v) is 6.22. The van der Waals surface area contributed by atoms with Gasteiger partial charge >= 0.3 is 0 Å². The van der Waals surface area contributed by atoms with E-state index < -0.39 is 0 Å². The SMILES string of the molecule is CCc1nc(CN2CCNCC2)[nH]c(=O)c1C. The highest BCUT2D eigenvalue weighted by Gasteiger charge is 2.12. The van der Waals surface area contributed by atoms with Crippen LogP contribution in [0.3, 0.4) is 0 Å². The molecule has 0 aromatic carbocycles. The maximum Gasteiger partial charge on any atom is 0.254 e. The molecule has 0 unspecified atom stereocenters. The number of piperazine rings is 1. The summed E-state index contributed by atoms with van der Waals surface area (Å²) < 4.78 is 0. The van der Waals surface area contributed by atoms with Crippen LogP contribution in [0.25, 0.3) is 0 Å². The maximum atomic E-state index is 11.7. The van der Waals surface area contributed by atoms with Crippen molar-refractivity contribution in [3.05, 3.63) is 27.4 Å². The van der Waals surface area contributed by atoms with Crippen LogP contribution in [-0.2, 0) is 13.0 Å². The molecule has 0 atom stereocenters. The van der Waals surface area contributed by atoms with Crippen molar-refractivity contribution in [2.75, 3.05) is 26.2 Å². The summed E-state index contributed by atoms with van der Waals surface area (Å²) in [5.74, 6) is 0.791. The highest BCUT2D eigenvalue weighted by Crippen LogP contribution is 2.03. The van der Waals surface area contributed by atoms with Gasteiger partial charge in [0.2, 0.25) is 0 Å². The van der Waals surface area contributed by atoms with Crippen molar-refractivity contribution in [3.8, 4) is 0 Å². The van der Waals surface area contributed by atoms with Crippen molar-refractivity contribution >= 4 is 0 Å². The number of H-pyrrole nitrogens is 1. The molecule has 5 nitrogen and oxygen atoms in total. The predicted molar refractivity (Wildman–Crippen MR) is 67.1 cm³/mol. The Morgan fingerprint density at radius 3 is 2.71 bits per heavy atom. The smallest absolute Gasteiger partial charge is 0.254 e. The number of aryl methyl sites for hydroxylation is 1. The lowest BCUT2D eigenvalue weighted by atomic mass is 10.2. The zero-order valence-corrected chi connectivity index (χ0v) is 10.5. The summed E-state index contributed by atoms with van der Waals surface area (Å²) in [5.41, 5.74) is 1.66. The minimum Gasteiger partial charge on any atom is -0.314 e. The molecule has 1 aromatic rings. The van der Waals surface area contributed by atoms with E-state index in [4.69, 9.17) is 0 Å². The van der Waals surface area contributed by atoms with Crippen LogP contribution >= 0.6 is 0 Å². The van der Waals surface area contributed by atoms with Crippen LogP contribution in [0.15, 0.2) is 4.79 Å². The van der Waals surface area contributed by atoms with Gasteiger partial charge in [0.1, 0.15) is 5.82 Å². The molecule has 2 rings (SSSR count). The van der Waals surface area contributed by atoms with Crippen LogP contribution in [0.5, 0.6) is 0 Å². The highest BCUT2D eigenvalue weighted by atomic mass is 16.1. The van der Waals surface area contributed by atoms with Gasteiger partial charge in [-0.2, -0.15) is 0 Å². The molecule has 1 saturated heterocycles. The van der Waals surface area contributed by atoms with Gasteiger partial charge in [0.15, 0.2) is 0 Å². The van der Waals surface area contributed by atoms with E-state index in [1.807, 2.05) is 13.8 Å². The summed E-state index contributed by atoms with van der Waals surface area (Å²) in [7, 11) is 0. The number of aromatic amines is 1. The van der Waals surface area contributed by atoms with Crippen molar-refractivity contribution < 1.29 is 0 Å². The number of nitrogens with one attached hydrogen (secondary N) is 2. The third-order valence-electron chi connectivity index (χ3n) is 3.22. The average Bonchev–Trinajstić information content (AvgIpc) is 2.35. The molecule has 0 saturated carbocycles. The molecule has 1 aliphatic rings. The second-order valence-corrected chi connectivity index (χ2v) is 4.46. The number of nitrogens with zero attached hydrogens (tertiary/aromatic N) is 2. The average molecular weight is 236 g/mol. The van der Waals surface area contributed by atoms with E-state index in [-0.39, 0.29) is 5.56 Å². The first-order chi connectivity index (χ1) is 8.20. The van der Waals surface area contributed by atoms with Gasteiger partial charge in [0.25, 0.3) is 5.56 Å². The van der Waals surface area contributed by atoms with Crippen LogP contribution < -0.4 is 10.9 Å². The Balaban J connectivity index is 2.15. The van der Waals surface area contributed by atoms with E-state index in [1.54, 1.807) is 0 Å². The summed E-state index contributed by atoms with van der Waals surface area (Å²) in [4.78, 5) is 21.4. The Hall–Kier alpha value is -1.20. The van der Waals surface area contributed by atoms with Gasteiger partial charge in [-0.15, -0.1) is 0 Å². The largest absolute Gasteiger partial charge is 0.314 e. The second kappa shape index (κ2) is 5.42. The minimum absolute atomic E-state index is 0.00184. The fourth-order valence-electron chi connectivity index (χ4n) is 2.13. The molecule has 0 spiro atoms. The third-order valence-corrected chi connectivity index (χ3v) is 3.22. The van der Waals surface area contributed by atoms with Gasteiger partial charge in [-0.25, -0.2) is 4.98 Å². The molecular weight excluding hydrogens is 216 g/mol. The summed E-state index contributed by atoms with van der Waals surface area (Å²) in [6.45, 7) is 8.65. The number of rotatable bonds is 3. The van der Waals surface area contributed by atoms with E-state index in [0.29, 0.717) is 0 Å². The zero-order chi connectivity index (χ0) is 12.3. The summed E-state index contributed by atoms with van der Waals surface area (Å²) in [5, 5.41) is 3.31. The van der Waals surface area contributed by atoms with Crippen LogP contribution in [-0.4, -0.2) is 41.0 Å². The Morgan fingerprint density at radius 1 is 1.35 bits per heavy atom. The molecule has 2 N–H and O–H groups in total. The van der Waals surface area contributed by atoms with Crippen molar-refractivity contribution in [3.63, 3.8) is 0 Å². The lowest BCUT2D eigenvalue weighted by molar-refractivity contribution is 0.227. The Morgan fingerprint density at radius 2 is 2.06 bits per heavy atom. The normalized spacial score (nSPS) is 17.3. The van der Waals surface area contributed by atoms with Crippen LogP contribution in [0.1, 0.15) is 24.0 Å². The molecule has 0 aliphatic carbocycles. The van der Waals surface area contributed by atoms with Gasteiger partial charge in [0, 0.05) is 31.7 Å². The topological polar surface area (TPSA) is 61.0 Å². The second-order valence-electron chi connectivity index (χ2n) is 4.46. The maximum absolute atomic E-state index is 11.7. The van der Waals surface area contributed by atoms with Gasteiger partial charge < -0.3 is 10.3 Å². The van der Waals surface area contributed by atoms with Gasteiger partial charge in [-0.3, -0.25) is 9.69 Å². The number of hydrogen-bond acceptors (Lipinski definition) is 4. The highest BCUT2D eigenvalue weighted by molar-refractivity contribution is 5.15. The van der Waals surface area contributed by atoms with Crippen LogP contribution in [0.4, 0.5) is 0 Å². The molecule has 0 radical (unpaired) electrons. The standard InChI is InChI=1S/C12H20N4O/c1-3-10-9(2)12(17)15-11(14-10)8-16-6-4-13-5-7-16/h13H,3-8H2,1-2H3,(H,14,15,17). The van der Waals surface area contributed by atoms with Crippen LogP contribution in [0.2, 0.25) is 0 Å². The number of aromatic nitrogens is 2. The predicted octanol–water partition coefficient (Wildman–Crippen LogP) is 0.0459. The molecule has 94 valence electrons. The van der Waals surface area contributed by atoms with Crippen molar-refractivity contribution in [2.45, 2.75) is 26.8 Å². The fraction of sp³-hybridized carbons (Fsp3) is 0.667. The summed E-state index contributed by atoms with van der Waals surface area (Å²) >= 11 is 0. The molecule has 17 heavy (non-hydrogen) atoms.